The molecule has 0 bridgehead atoms. The van der Waals surface area contributed by atoms with Crippen molar-refractivity contribution in [2.24, 2.45) is 4.99 Å². The molecule has 3 rings (SSSR count). The fraction of sp³-hybridized carbons (Fsp3) is 0.211. The van der Waals surface area contributed by atoms with E-state index in [-0.39, 0.29) is 0 Å². The van der Waals surface area contributed by atoms with Gasteiger partial charge in [0.15, 0.2) is 0 Å². The molecule has 1 aromatic heterocycles. The van der Waals surface area contributed by atoms with Crippen molar-refractivity contribution >= 4 is 24.0 Å². The molecule has 0 saturated heterocycles. The first-order valence-corrected chi connectivity index (χ1v) is 8.29. The lowest BCUT2D eigenvalue weighted by atomic mass is 9.99. The van der Waals surface area contributed by atoms with Crippen LogP contribution in [0, 0.1) is 16.0 Å². The van der Waals surface area contributed by atoms with Crippen molar-refractivity contribution in [1.82, 2.24) is 10.2 Å². The third kappa shape index (κ3) is 4.64. The van der Waals surface area contributed by atoms with E-state index < -0.39 is 0 Å². The van der Waals surface area contributed by atoms with Crippen molar-refractivity contribution in [2.45, 2.75) is 26.2 Å². The fourth-order valence-electron chi connectivity index (χ4n) is 2.27. The molecule has 24 heavy (non-hydrogen) atoms. The van der Waals surface area contributed by atoms with E-state index in [0.29, 0.717) is 6.42 Å². The predicted octanol–water partition coefficient (Wildman–Crippen LogP) is 5.42. The van der Waals surface area contributed by atoms with Gasteiger partial charge < -0.3 is 0 Å². The highest BCUT2D eigenvalue weighted by Crippen LogP contribution is 2.30. The van der Waals surface area contributed by atoms with Gasteiger partial charge in [-0.15, -0.1) is 0 Å². The Bertz CT molecular complexity index is 832. The highest BCUT2D eigenvalue weighted by atomic mass is 32.1. The Morgan fingerprint density at radius 3 is 2.71 bits per heavy atom. The minimum atomic E-state index is 0.694. The van der Waals surface area contributed by atoms with Gasteiger partial charge in [-0.2, -0.15) is 5.26 Å². The number of nitrogens with zero attached hydrogens (tertiary/aromatic N) is 2. The zero-order chi connectivity index (χ0) is 17.2. The van der Waals surface area contributed by atoms with Gasteiger partial charge in [0.25, 0.3) is 0 Å². The molecule has 4 nitrogen and oxygen atoms in total. The van der Waals surface area contributed by atoms with E-state index in [2.05, 4.69) is 27.3 Å². The van der Waals surface area contributed by atoms with E-state index in [4.69, 9.17) is 17.5 Å². The van der Waals surface area contributed by atoms with Gasteiger partial charge in [0.1, 0.15) is 4.64 Å². The first-order valence-electron chi connectivity index (χ1n) is 7.88. The van der Waals surface area contributed by atoms with Crippen LogP contribution in [0.15, 0.2) is 53.7 Å². The van der Waals surface area contributed by atoms with Crippen LogP contribution in [0.1, 0.15) is 31.7 Å². The first-order chi connectivity index (χ1) is 11.8. The molecule has 2 N–H and O–H groups in total. The number of aromatic nitrogens is 2. The van der Waals surface area contributed by atoms with Gasteiger partial charge in [-0.3, -0.25) is 15.2 Å². The minimum Gasteiger partial charge on any atom is -0.299 e. The Balaban J connectivity index is 0.000000368. The molecule has 0 spiro atoms. The van der Waals surface area contributed by atoms with Gasteiger partial charge in [0.2, 0.25) is 0 Å². The minimum absolute atomic E-state index is 0.694. The predicted molar refractivity (Wildman–Crippen MR) is 102 cm³/mol. The summed E-state index contributed by atoms with van der Waals surface area (Å²) in [6.45, 7) is 1.99. The number of H-pyrrole nitrogens is 2. The van der Waals surface area contributed by atoms with Crippen LogP contribution in [0.2, 0.25) is 0 Å². The molecule has 0 amide bonds. The van der Waals surface area contributed by atoms with Crippen molar-refractivity contribution in [3.05, 3.63) is 58.9 Å². The molecule has 5 heteroatoms. The standard InChI is InChI=1S/C15H13N3S.C4H7N/c19-15-13(11-7-4-9-16-10-8-11)14(17-18-15)12-5-2-1-3-6-12;1-2-3-4-5/h1-6,8-10H,7H2,(H2,17,18,19);2-3H2,1H3. The molecule has 0 saturated carbocycles. The molecular formula is C19H20N4S. The molecule has 122 valence electrons. The van der Waals surface area contributed by atoms with Crippen LogP contribution in [0.4, 0.5) is 0 Å². The molecule has 0 fully saturated rings. The second-order valence-corrected chi connectivity index (χ2v) is 5.59. The van der Waals surface area contributed by atoms with Crippen molar-refractivity contribution in [3.63, 3.8) is 0 Å². The molecule has 0 unspecified atom stereocenters. The van der Waals surface area contributed by atoms with E-state index in [0.717, 1.165) is 34.3 Å². The third-order valence-electron chi connectivity index (χ3n) is 3.41. The molecule has 2 aromatic rings. The summed E-state index contributed by atoms with van der Waals surface area (Å²) < 4.78 is 0.730. The van der Waals surface area contributed by atoms with E-state index >= 15 is 0 Å². The molecule has 0 radical (unpaired) electrons. The average Bonchev–Trinajstić information content (AvgIpc) is 2.82. The van der Waals surface area contributed by atoms with E-state index in [9.17, 15) is 0 Å². The summed E-state index contributed by atoms with van der Waals surface area (Å²) in [6, 6.07) is 12.2. The quantitative estimate of drug-likeness (QED) is 0.735. The monoisotopic (exact) mass is 336 g/mol. The summed E-state index contributed by atoms with van der Waals surface area (Å²) >= 11 is 5.40. The van der Waals surface area contributed by atoms with Crippen molar-refractivity contribution in [3.8, 4) is 17.3 Å². The highest BCUT2D eigenvalue weighted by Gasteiger charge is 2.13. The van der Waals surface area contributed by atoms with Crippen molar-refractivity contribution in [2.75, 3.05) is 0 Å². The number of rotatable bonds is 3. The molecule has 0 atom stereocenters. The molecule has 1 aromatic carbocycles. The number of benzene rings is 1. The van der Waals surface area contributed by atoms with Gasteiger partial charge in [-0.1, -0.05) is 55.5 Å². The zero-order valence-electron chi connectivity index (χ0n) is 13.6. The third-order valence-corrected chi connectivity index (χ3v) is 3.72. The Morgan fingerprint density at radius 2 is 2.04 bits per heavy atom. The maximum Gasteiger partial charge on any atom is 0.127 e. The number of hydrogen-bond acceptors (Lipinski definition) is 3. The van der Waals surface area contributed by atoms with Crippen molar-refractivity contribution < 1.29 is 0 Å². The fourth-order valence-corrected chi connectivity index (χ4v) is 2.56. The smallest absolute Gasteiger partial charge is 0.127 e. The lowest BCUT2D eigenvalue weighted by Crippen LogP contribution is -1.87. The lowest BCUT2D eigenvalue weighted by Gasteiger charge is -2.05. The van der Waals surface area contributed by atoms with Crippen LogP contribution < -0.4 is 0 Å². The maximum absolute atomic E-state index is 7.82. The number of unbranched alkanes of at least 4 members (excludes halogenated alkanes) is 1. The lowest BCUT2D eigenvalue weighted by molar-refractivity contribution is 0.969. The van der Waals surface area contributed by atoms with Crippen LogP contribution in [-0.4, -0.2) is 16.4 Å². The Hall–Kier alpha value is -2.71. The summed E-state index contributed by atoms with van der Waals surface area (Å²) in [5, 5.41) is 14.0. The van der Waals surface area contributed by atoms with Crippen molar-refractivity contribution in [1.29, 1.82) is 5.26 Å². The molecular weight excluding hydrogens is 316 g/mol. The number of aliphatic imine (C=N–C) groups is 1. The first kappa shape index (κ1) is 17.6. The van der Waals surface area contributed by atoms with Gasteiger partial charge in [-0.05, 0) is 24.5 Å². The normalized spacial score (nSPS) is 12.6. The van der Waals surface area contributed by atoms with E-state index in [1.807, 2.05) is 49.5 Å². The van der Waals surface area contributed by atoms with Crippen LogP contribution in [0.25, 0.3) is 16.8 Å². The molecule has 0 aliphatic carbocycles. The number of nitrogens with one attached hydrogen (secondary N) is 2. The van der Waals surface area contributed by atoms with Gasteiger partial charge in [-0.25, -0.2) is 0 Å². The maximum atomic E-state index is 7.82. The van der Waals surface area contributed by atoms with E-state index in [1.54, 1.807) is 6.21 Å². The topological polar surface area (TPSA) is 67.7 Å². The van der Waals surface area contributed by atoms with Gasteiger partial charge in [0.05, 0.1) is 11.8 Å². The Kier molecular flexibility index (Phi) is 6.93. The van der Waals surface area contributed by atoms with Crippen LogP contribution in [0.3, 0.4) is 0 Å². The number of allylic oxidation sites excluding steroid dienone is 3. The van der Waals surface area contributed by atoms with Crippen LogP contribution >= 0.6 is 12.2 Å². The Morgan fingerprint density at radius 1 is 1.25 bits per heavy atom. The number of aromatic amines is 2. The summed E-state index contributed by atoms with van der Waals surface area (Å²) in [6.07, 6.45) is 10.2. The zero-order valence-corrected chi connectivity index (χ0v) is 14.4. The second-order valence-electron chi connectivity index (χ2n) is 5.18. The summed E-state index contributed by atoms with van der Waals surface area (Å²) in [5.41, 5.74) is 4.37. The summed E-state index contributed by atoms with van der Waals surface area (Å²) in [4.78, 5) is 4.13. The number of nitriles is 1. The summed E-state index contributed by atoms with van der Waals surface area (Å²) in [7, 11) is 0. The molecule has 1 aliphatic rings. The van der Waals surface area contributed by atoms with Crippen LogP contribution in [0.5, 0.6) is 0 Å². The van der Waals surface area contributed by atoms with Gasteiger partial charge in [0, 0.05) is 30.0 Å². The van der Waals surface area contributed by atoms with Gasteiger partial charge >= 0.3 is 0 Å². The SMILES string of the molecule is CCCC#N.S=c1[nH][nH]c(-c2ccccc2)c1C1=CC=NC=CC1. The molecule has 1 aliphatic heterocycles. The highest BCUT2D eigenvalue weighted by molar-refractivity contribution is 7.71. The van der Waals surface area contributed by atoms with E-state index in [1.165, 1.54) is 5.57 Å². The second kappa shape index (κ2) is 9.43. The number of hydrogen-bond donors (Lipinski definition) is 2. The largest absolute Gasteiger partial charge is 0.299 e. The molecule has 2 heterocycles. The van der Waals surface area contributed by atoms with Crippen LogP contribution in [-0.2, 0) is 0 Å². The average molecular weight is 336 g/mol. The Labute approximate surface area is 147 Å². The summed E-state index contributed by atoms with van der Waals surface area (Å²) in [5.74, 6) is 0.